The molecule has 0 aliphatic rings. The van der Waals surface area contributed by atoms with E-state index < -0.39 is 15.8 Å². The summed E-state index contributed by atoms with van der Waals surface area (Å²) in [5.74, 6) is -0.652. The van der Waals surface area contributed by atoms with Crippen molar-refractivity contribution in [3.63, 3.8) is 0 Å². The Balaban J connectivity index is 2.00. The number of halogens is 1. The first-order valence-electron chi connectivity index (χ1n) is 6.64. The van der Waals surface area contributed by atoms with E-state index in [0.29, 0.717) is 16.9 Å². The number of aromatic nitrogens is 3. The normalized spacial score (nSPS) is 11.2. The van der Waals surface area contributed by atoms with E-state index in [0.717, 1.165) is 0 Å². The zero-order chi connectivity index (χ0) is 17.3. The molecule has 3 aromatic rings. The van der Waals surface area contributed by atoms with E-state index in [9.17, 15) is 12.8 Å². The van der Waals surface area contributed by atoms with Crippen LogP contribution in [0.4, 0.5) is 4.39 Å². The van der Waals surface area contributed by atoms with Crippen LogP contribution in [0.25, 0.3) is 16.9 Å². The average Bonchev–Trinajstić information content (AvgIpc) is 3.04. The summed E-state index contributed by atoms with van der Waals surface area (Å²) in [4.78, 5) is -0.0542. The largest absolute Gasteiger partial charge is 0.238 e. The monoisotopic (exact) mass is 343 g/mol. The predicted molar refractivity (Wildman–Crippen MR) is 82.8 cm³/mol. The van der Waals surface area contributed by atoms with Gasteiger partial charge in [-0.25, -0.2) is 22.6 Å². The van der Waals surface area contributed by atoms with Crippen molar-refractivity contribution in [3.05, 3.63) is 60.0 Å². The van der Waals surface area contributed by atoms with Gasteiger partial charge in [-0.15, -0.1) is 5.10 Å². The molecule has 2 aromatic carbocycles. The number of hydrogen-bond acceptors (Lipinski definition) is 5. The first kappa shape index (κ1) is 15.8. The Bertz CT molecular complexity index is 1070. The van der Waals surface area contributed by atoms with Crippen molar-refractivity contribution in [2.24, 2.45) is 5.14 Å². The van der Waals surface area contributed by atoms with Crippen molar-refractivity contribution in [2.75, 3.05) is 0 Å². The highest BCUT2D eigenvalue weighted by Crippen LogP contribution is 2.21. The SMILES string of the molecule is N#Cc1ccc(-c2cn(-c3cccc(S(N)(=O)=O)c3)nn2)cc1F. The molecule has 0 saturated heterocycles. The maximum absolute atomic E-state index is 13.7. The molecule has 0 fully saturated rings. The molecule has 120 valence electrons. The Morgan fingerprint density at radius 2 is 2.00 bits per heavy atom. The highest BCUT2D eigenvalue weighted by atomic mass is 32.2. The molecule has 0 spiro atoms. The molecule has 1 heterocycles. The molecule has 0 aliphatic carbocycles. The van der Waals surface area contributed by atoms with Gasteiger partial charge in [0.25, 0.3) is 0 Å². The summed E-state index contributed by atoms with van der Waals surface area (Å²) < 4.78 is 37.9. The summed E-state index contributed by atoms with van der Waals surface area (Å²) in [6.07, 6.45) is 1.52. The van der Waals surface area contributed by atoms with Crippen LogP contribution in [0.3, 0.4) is 0 Å². The molecule has 9 heteroatoms. The van der Waals surface area contributed by atoms with Crippen molar-refractivity contribution in [3.8, 4) is 23.0 Å². The Morgan fingerprint density at radius 1 is 1.21 bits per heavy atom. The second kappa shape index (κ2) is 5.84. The lowest BCUT2D eigenvalue weighted by molar-refractivity contribution is 0.597. The minimum absolute atomic E-state index is 0.0542. The number of nitriles is 1. The Hall–Kier alpha value is -3.09. The summed E-state index contributed by atoms with van der Waals surface area (Å²) in [6, 6.07) is 11.7. The van der Waals surface area contributed by atoms with Crippen molar-refractivity contribution in [2.45, 2.75) is 4.90 Å². The zero-order valence-electron chi connectivity index (χ0n) is 12.1. The molecule has 0 aliphatic heterocycles. The maximum atomic E-state index is 13.7. The highest BCUT2D eigenvalue weighted by Gasteiger charge is 2.12. The van der Waals surface area contributed by atoms with Crippen molar-refractivity contribution in [1.29, 1.82) is 5.26 Å². The fourth-order valence-corrected chi connectivity index (χ4v) is 2.64. The van der Waals surface area contributed by atoms with E-state index in [2.05, 4.69) is 10.3 Å². The van der Waals surface area contributed by atoms with Crippen LogP contribution >= 0.6 is 0 Å². The van der Waals surface area contributed by atoms with Gasteiger partial charge in [-0.1, -0.05) is 17.3 Å². The molecule has 0 saturated carbocycles. The molecule has 3 rings (SSSR count). The third-order valence-corrected chi connectivity index (χ3v) is 4.20. The third kappa shape index (κ3) is 3.01. The van der Waals surface area contributed by atoms with Crippen LogP contribution in [0, 0.1) is 17.1 Å². The highest BCUT2D eigenvalue weighted by molar-refractivity contribution is 7.89. The molecule has 1 aromatic heterocycles. The summed E-state index contributed by atoms with van der Waals surface area (Å²) >= 11 is 0. The molecule has 2 N–H and O–H groups in total. The Labute approximate surface area is 136 Å². The van der Waals surface area contributed by atoms with Gasteiger partial charge in [-0.2, -0.15) is 5.26 Å². The number of benzene rings is 2. The summed E-state index contributed by atoms with van der Waals surface area (Å²) in [5.41, 5.74) is 1.20. The fraction of sp³-hybridized carbons (Fsp3) is 0. The standard InChI is InChI=1S/C15H10FN5O2S/c16-14-6-10(4-5-11(14)8-17)15-9-21(20-19-15)12-2-1-3-13(7-12)24(18,22)23/h1-7,9H,(H2,18,22,23). The molecule has 0 radical (unpaired) electrons. The van der Waals surface area contributed by atoms with E-state index >= 15 is 0 Å². The van der Waals surface area contributed by atoms with Crippen molar-refractivity contribution in [1.82, 2.24) is 15.0 Å². The number of rotatable bonds is 3. The van der Waals surface area contributed by atoms with Crippen LogP contribution in [0.1, 0.15) is 5.56 Å². The predicted octanol–water partition coefficient (Wildman–Crippen LogP) is 1.59. The molecule has 24 heavy (non-hydrogen) atoms. The quantitative estimate of drug-likeness (QED) is 0.775. The van der Waals surface area contributed by atoms with E-state index in [1.807, 2.05) is 0 Å². The van der Waals surface area contributed by atoms with E-state index in [1.54, 1.807) is 18.2 Å². The molecular weight excluding hydrogens is 333 g/mol. The average molecular weight is 343 g/mol. The molecule has 0 atom stereocenters. The molecule has 0 unspecified atom stereocenters. The van der Waals surface area contributed by atoms with Crippen LogP contribution in [0.15, 0.2) is 53.6 Å². The number of hydrogen-bond donors (Lipinski definition) is 1. The van der Waals surface area contributed by atoms with Gasteiger partial charge in [0.1, 0.15) is 17.6 Å². The topological polar surface area (TPSA) is 115 Å². The lowest BCUT2D eigenvalue weighted by atomic mass is 10.1. The number of primary sulfonamides is 1. The van der Waals surface area contributed by atoms with Crippen molar-refractivity contribution < 1.29 is 12.8 Å². The van der Waals surface area contributed by atoms with Crippen LogP contribution in [-0.2, 0) is 10.0 Å². The van der Waals surface area contributed by atoms with Gasteiger partial charge in [-0.3, -0.25) is 0 Å². The van der Waals surface area contributed by atoms with Gasteiger partial charge >= 0.3 is 0 Å². The van der Waals surface area contributed by atoms with Gasteiger partial charge in [0.05, 0.1) is 22.3 Å². The smallest absolute Gasteiger partial charge is 0.225 e. The van der Waals surface area contributed by atoms with Gasteiger partial charge in [-0.05, 0) is 30.3 Å². The third-order valence-electron chi connectivity index (χ3n) is 3.29. The molecular formula is C15H10FN5O2S. The summed E-state index contributed by atoms with van der Waals surface area (Å²) in [6.45, 7) is 0. The lowest BCUT2D eigenvalue weighted by Crippen LogP contribution is -2.12. The Morgan fingerprint density at radius 3 is 2.67 bits per heavy atom. The van der Waals surface area contributed by atoms with Gasteiger partial charge in [0, 0.05) is 5.56 Å². The minimum atomic E-state index is -3.83. The number of sulfonamides is 1. The second-order valence-corrected chi connectivity index (χ2v) is 6.46. The first-order valence-corrected chi connectivity index (χ1v) is 8.19. The maximum Gasteiger partial charge on any atom is 0.238 e. The van der Waals surface area contributed by atoms with Crippen LogP contribution in [0.5, 0.6) is 0 Å². The van der Waals surface area contributed by atoms with Crippen LogP contribution in [0.2, 0.25) is 0 Å². The summed E-state index contributed by atoms with van der Waals surface area (Å²) in [5, 5.41) is 21.7. The van der Waals surface area contributed by atoms with Gasteiger partial charge in [0.15, 0.2) is 0 Å². The molecule has 0 bridgehead atoms. The van der Waals surface area contributed by atoms with Crippen molar-refractivity contribution >= 4 is 10.0 Å². The van der Waals surface area contributed by atoms with E-state index in [-0.39, 0.29) is 10.5 Å². The molecule has 0 amide bonds. The van der Waals surface area contributed by atoms with Crippen LogP contribution in [-0.4, -0.2) is 23.4 Å². The van der Waals surface area contributed by atoms with E-state index in [1.165, 1.54) is 41.2 Å². The van der Waals surface area contributed by atoms with Gasteiger partial charge < -0.3 is 0 Å². The van der Waals surface area contributed by atoms with Crippen LogP contribution < -0.4 is 5.14 Å². The first-order chi connectivity index (χ1) is 11.4. The zero-order valence-corrected chi connectivity index (χ0v) is 12.9. The fourth-order valence-electron chi connectivity index (χ4n) is 2.09. The Kier molecular flexibility index (Phi) is 3.84. The minimum Gasteiger partial charge on any atom is -0.225 e. The second-order valence-electron chi connectivity index (χ2n) is 4.90. The van der Waals surface area contributed by atoms with E-state index in [4.69, 9.17) is 10.4 Å². The lowest BCUT2D eigenvalue weighted by Gasteiger charge is -2.02. The van der Waals surface area contributed by atoms with Gasteiger partial charge in [0.2, 0.25) is 10.0 Å². The number of nitrogens with zero attached hydrogens (tertiary/aromatic N) is 4. The summed E-state index contributed by atoms with van der Waals surface area (Å²) in [7, 11) is -3.83. The molecule has 7 nitrogen and oxygen atoms in total. The number of nitrogens with two attached hydrogens (primary N) is 1.